The first-order chi connectivity index (χ1) is 10.8. The highest BCUT2D eigenvalue weighted by Crippen LogP contribution is 2.31. The van der Waals surface area contributed by atoms with Crippen LogP contribution in [0.25, 0.3) is 0 Å². The van der Waals surface area contributed by atoms with Gasteiger partial charge in [0.2, 0.25) is 0 Å². The van der Waals surface area contributed by atoms with Gasteiger partial charge in [-0.2, -0.15) is 13.2 Å². The lowest BCUT2D eigenvalue weighted by molar-refractivity contribution is -0.138. The van der Waals surface area contributed by atoms with E-state index in [1.165, 1.54) is 17.3 Å². The van der Waals surface area contributed by atoms with Crippen LogP contribution in [0.15, 0.2) is 30.7 Å². The summed E-state index contributed by atoms with van der Waals surface area (Å²) in [6.45, 7) is 11.9. The molecule has 0 atom stereocenters. The van der Waals surface area contributed by atoms with E-state index in [2.05, 4.69) is 29.9 Å². The number of halogens is 3. The molecule has 0 aliphatic heterocycles. The summed E-state index contributed by atoms with van der Waals surface area (Å²) in [6, 6.07) is 3.09. The number of rotatable bonds is 1. The number of alkyl halides is 3. The van der Waals surface area contributed by atoms with E-state index in [1.54, 1.807) is 6.92 Å². The average Bonchev–Trinajstić information content (AvgIpc) is 2.53. The maximum absolute atomic E-state index is 12.2. The van der Waals surface area contributed by atoms with Crippen molar-refractivity contribution in [2.24, 2.45) is 0 Å². The molecule has 0 aromatic carbocycles. The first-order valence-corrected chi connectivity index (χ1v) is 7.65. The lowest BCUT2D eigenvalue weighted by Gasteiger charge is -2.09. The van der Waals surface area contributed by atoms with Crippen LogP contribution in [0.2, 0.25) is 0 Å². The predicted octanol–water partition coefficient (Wildman–Crippen LogP) is 5.70. The van der Waals surface area contributed by atoms with Crippen LogP contribution in [0.4, 0.5) is 13.2 Å². The summed E-state index contributed by atoms with van der Waals surface area (Å²) in [7, 11) is 0. The molecule has 0 amide bonds. The highest BCUT2D eigenvalue weighted by Gasteiger charge is 2.32. The second kappa shape index (κ2) is 9.98. The molecule has 2 nitrogen and oxygen atoms in total. The van der Waals surface area contributed by atoms with Crippen LogP contribution in [0, 0.1) is 20.8 Å². The molecule has 128 valence electrons. The van der Waals surface area contributed by atoms with Crippen molar-refractivity contribution in [3.05, 3.63) is 58.7 Å². The van der Waals surface area contributed by atoms with Gasteiger partial charge in [-0.25, -0.2) is 0 Å². The highest BCUT2D eigenvalue weighted by atomic mass is 19.4. The van der Waals surface area contributed by atoms with Gasteiger partial charge < -0.3 is 0 Å². The molecule has 2 heterocycles. The van der Waals surface area contributed by atoms with Crippen molar-refractivity contribution in [1.29, 1.82) is 0 Å². The molecule has 0 radical (unpaired) electrons. The summed E-state index contributed by atoms with van der Waals surface area (Å²) in [4.78, 5) is 7.77. The van der Waals surface area contributed by atoms with E-state index in [4.69, 9.17) is 0 Å². The molecule has 2 aromatic heterocycles. The summed E-state index contributed by atoms with van der Waals surface area (Å²) >= 11 is 0. The Kier molecular flexibility index (Phi) is 9.15. The van der Waals surface area contributed by atoms with E-state index < -0.39 is 11.7 Å². The number of nitrogens with zero attached hydrogens (tertiary/aromatic N) is 2. The van der Waals surface area contributed by atoms with Crippen molar-refractivity contribution in [1.82, 2.24) is 9.97 Å². The standard InChI is InChI=1S/C8H8F3N.C8H11N.C2H6/c1-2-6-5-12-4-3-7(6)8(9,10)11;1-6-4-8(3)9-5-7(6)2;1-2/h3-5H,2H2,1H3;4-5H,1-3H3;1-2H3. The van der Waals surface area contributed by atoms with Gasteiger partial charge >= 0.3 is 6.18 Å². The minimum absolute atomic E-state index is 0.241. The molecule has 0 unspecified atom stereocenters. The zero-order chi connectivity index (χ0) is 18.0. The van der Waals surface area contributed by atoms with E-state index in [9.17, 15) is 13.2 Å². The molecular formula is C18H25F3N2. The van der Waals surface area contributed by atoms with Crippen LogP contribution in [-0.2, 0) is 12.6 Å². The first kappa shape index (κ1) is 21.1. The van der Waals surface area contributed by atoms with Gasteiger partial charge in [-0.1, -0.05) is 20.8 Å². The van der Waals surface area contributed by atoms with Gasteiger partial charge in [-0.15, -0.1) is 0 Å². The van der Waals surface area contributed by atoms with Crippen LogP contribution in [0.5, 0.6) is 0 Å². The summed E-state index contributed by atoms with van der Waals surface area (Å²) < 4.78 is 36.6. The van der Waals surface area contributed by atoms with Crippen molar-refractivity contribution in [3.63, 3.8) is 0 Å². The van der Waals surface area contributed by atoms with Crippen molar-refractivity contribution >= 4 is 0 Å². The summed E-state index contributed by atoms with van der Waals surface area (Å²) in [6.07, 6.45) is 0.409. The van der Waals surface area contributed by atoms with Crippen molar-refractivity contribution in [3.8, 4) is 0 Å². The minimum atomic E-state index is -4.26. The third kappa shape index (κ3) is 7.26. The molecule has 0 aliphatic rings. The van der Waals surface area contributed by atoms with Crippen LogP contribution >= 0.6 is 0 Å². The molecule has 0 saturated heterocycles. The van der Waals surface area contributed by atoms with Crippen LogP contribution in [0.3, 0.4) is 0 Å². The Morgan fingerprint density at radius 3 is 2.00 bits per heavy atom. The zero-order valence-corrected chi connectivity index (χ0v) is 14.6. The van der Waals surface area contributed by atoms with Crippen molar-refractivity contribution < 1.29 is 13.2 Å². The fourth-order valence-corrected chi connectivity index (χ4v) is 1.75. The predicted molar refractivity (Wildman–Crippen MR) is 88.4 cm³/mol. The molecule has 2 rings (SSSR count). The molecule has 0 bridgehead atoms. The summed E-state index contributed by atoms with van der Waals surface area (Å²) in [5.74, 6) is 0. The number of hydrogen-bond acceptors (Lipinski definition) is 2. The van der Waals surface area contributed by atoms with Gasteiger partial charge in [0, 0.05) is 24.3 Å². The maximum atomic E-state index is 12.2. The molecule has 0 spiro atoms. The monoisotopic (exact) mass is 326 g/mol. The fourth-order valence-electron chi connectivity index (χ4n) is 1.75. The van der Waals surface area contributed by atoms with Crippen molar-refractivity contribution in [2.45, 2.75) is 54.1 Å². The Morgan fingerprint density at radius 1 is 1.00 bits per heavy atom. The normalized spacial score (nSPS) is 10.1. The van der Waals surface area contributed by atoms with Gasteiger partial charge in [0.15, 0.2) is 0 Å². The van der Waals surface area contributed by atoms with E-state index in [0.717, 1.165) is 18.0 Å². The molecule has 0 fully saturated rings. The lowest BCUT2D eigenvalue weighted by atomic mass is 10.1. The second-order valence-corrected chi connectivity index (χ2v) is 4.79. The number of pyridine rings is 2. The van der Waals surface area contributed by atoms with Gasteiger partial charge in [0.05, 0.1) is 5.56 Å². The number of aryl methyl sites for hydroxylation is 4. The van der Waals surface area contributed by atoms with Crippen molar-refractivity contribution in [2.75, 3.05) is 0 Å². The van der Waals surface area contributed by atoms with E-state index in [-0.39, 0.29) is 5.56 Å². The molecular weight excluding hydrogens is 301 g/mol. The fraction of sp³-hybridized carbons (Fsp3) is 0.444. The molecule has 2 aromatic rings. The topological polar surface area (TPSA) is 25.8 Å². The quantitative estimate of drug-likeness (QED) is 0.672. The molecule has 0 N–H and O–H groups in total. The summed E-state index contributed by atoms with van der Waals surface area (Å²) in [5.41, 5.74) is 3.34. The zero-order valence-electron chi connectivity index (χ0n) is 14.6. The Hall–Kier alpha value is -1.91. The smallest absolute Gasteiger partial charge is 0.264 e. The van der Waals surface area contributed by atoms with Crippen LogP contribution in [0.1, 0.15) is 48.7 Å². The Morgan fingerprint density at radius 2 is 1.61 bits per heavy atom. The third-order valence-electron chi connectivity index (χ3n) is 3.10. The molecule has 5 heteroatoms. The maximum Gasteiger partial charge on any atom is 0.416 e. The van der Waals surface area contributed by atoms with Gasteiger partial charge in [0.1, 0.15) is 0 Å². The molecule has 0 saturated carbocycles. The van der Waals surface area contributed by atoms with Gasteiger partial charge in [-0.3, -0.25) is 9.97 Å². The number of hydrogen-bond donors (Lipinski definition) is 0. The van der Waals surface area contributed by atoms with Gasteiger partial charge in [-0.05, 0) is 56.0 Å². The third-order valence-corrected chi connectivity index (χ3v) is 3.10. The molecule has 0 aliphatic carbocycles. The Labute approximate surface area is 136 Å². The van der Waals surface area contributed by atoms with E-state index in [0.29, 0.717) is 6.42 Å². The molecule has 23 heavy (non-hydrogen) atoms. The summed E-state index contributed by atoms with van der Waals surface area (Å²) in [5, 5.41) is 0. The Bertz CT molecular complexity index is 593. The average molecular weight is 326 g/mol. The van der Waals surface area contributed by atoms with E-state index in [1.807, 2.05) is 27.0 Å². The largest absolute Gasteiger partial charge is 0.416 e. The van der Waals surface area contributed by atoms with Crippen LogP contribution < -0.4 is 0 Å². The van der Waals surface area contributed by atoms with Crippen LogP contribution in [-0.4, -0.2) is 9.97 Å². The van der Waals surface area contributed by atoms with Gasteiger partial charge in [0.25, 0.3) is 0 Å². The minimum Gasteiger partial charge on any atom is -0.264 e. The highest BCUT2D eigenvalue weighted by molar-refractivity contribution is 5.25. The SMILES string of the molecule is CC.CCc1cnccc1C(F)(F)F.Cc1cc(C)c(C)cn1. The van der Waals surface area contributed by atoms with E-state index >= 15 is 0 Å². The Balaban J connectivity index is 0.000000392. The first-order valence-electron chi connectivity index (χ1n) is 7.65. The second-order valence-electron chi connectivity index (χ2n) is 4.79. The number of aromatic nitrogens is 2. The lowest BCUT2D eigenvalue weighted by Crippen LogP contribution is -2.08.